The molecule has 0 unspecified atom stereocenters. The topological polar surface area (TPSA) is 81.9 Å². The van der Waals surface area contributed by atoms with E-state index in [1.54, 1.807) is 29.0 Å². The lowest BCUT2D eigenvalue weighted by Crippen LogP contribution is -2.13. The Morgan fingerprint density at radius 1 is 1.18 bits per heavy atom. The molecule has 112 valence electrons. The molecule has 3 aromatic rings. The summed E-state index contributed by atoms with van der Waals surface area (Å²) in [7, 11) is -3.84. The first kappa shape index (κ1) is 14.6. The van der Waals surface area contributed by atoms with Gasteiger partial charge in [-0.15, -0.1) is 9.19 Å². The monoisotopic (exact) mass is 333 g/mol. The fourth-order valence-corrected chi connectivity index (χ4v) is 3.53. The Morgan fingerprint density at radius 3 is 2.55 bits per heavy atom. The second-order valence-corrected chi connectivity index (χ2v) is 7.21. The SMILES string of the molecule is Cc1ccc(S(=O)(=O)n2cc(C(=O)c3ccsc3)nn2)cc1. The molecule has 0 atom stereocenters. The van der Waals surface area contributed by atoms with Gasteiger partial charge in [-0.05, 0) is 30.5 Å². The van der Waals surface area contributed by atoms with Crippen molar-refractivity contribution >= 4 is 27.1 Å². The Balaban J connectivity index is 1.96. The number of hydrogen-bond donors (Lipinski definition) is 0. The number of carbonyl (C=O) groups excluding carboxylic acids is 1. The highest BCUT2D eigenvalue weighted by atomic mass is 32.2. The van der Waals surface area contributed by atoms with Crippen molar-refractivity contribution in [2.45, 2.75) is 11.8 Å². The number of benzene rings is 1. The first-order valence-corrected chi connectivity index (χ1v) is 8.68. The zero-order valence-corrected chi connectivity index (χ0v) is 13.1. The van der Waals surface area contributed by atoms with Crippen LogP contribution in [0, 0.1) is 6.92 Å². The molecular weight excluding hydrogens is 322 g/mol. The van der Waals surface area contributed by atoms with E-state index in [1.165, 1.54) is 23.5 Å². The summed E-state index contributed by atoms with van der Waals surface area (Å²) in [6.45, 7) is 1.86. The number of nitrogens with zero attached hydrogens (tertiary/aromatic N) is 3. The molecule has 0 saturated heterocycles. The Morgan fingerprint density at radius 2 is 1.91 bits per heavy atom. The van der Waals surface area contributed by atoms with Gasteiger partial charge < -0.3 is 0 Å². The highest BCUT2D eigenvalue weighted by Gasteiger charge is 2.21. The van der Waals surface area contributed by atoms with E-state index >= 15 is 0 Å². The van der Waals surface area contributed by atoms with E-state index in [1.807, 2.05) is 6.92 Å². The molecule has 1 aromatic carbocycles. The fraction of sp³-hybridized carbons (Fsp3) is 0.0714. The molecule has 0 spiro atoms. The molecule has 2 heterocycles. The molecule has 0 aliphatic rings. The van der Waals surface area contributed by atoms with Crippen LogP contribution in [0.1, 0.15) is 21.6 Å². The number of rotatable bonds is 4. The molecule has 22 heavy (non-hydrogen) atoms. The summed E-state index contributed by atoms with van der Waals surface area (Å²) in [5.74, 6) is -0.355. The van der Waals surface area contributed by atoms with Crippen LogP contribution in [0.15, 0.2) is 52.2 Å². The third-order valence-corrected chi connectivity index (χ3v) is 5.28. The molecule has 0 radical (unpaired) electrons. The predicted octanol–water partition coefficient (Wildman–Crippen LogP) is 2.12. The van der Waals surface area contributed by atoms with E-state index in [0.717, 1.165) is 15.8 Å². The van der Waals surface area contributed by atoms with Crippen molar-refractivity contribution < 1.29 is 13.2 Å². The smallest absolute Gasteiger partial charge is 0.284 e. The minimum atomic E-state index is -3.84. The van der Waals surface area contributed by atoms with Gasteiger partial charge in [0.1, 0.15) is 0 Å². The van der Waals surface area contributed by atoms with Crippen molar-refractivity contribution in [2.75, 3.05) is 0 Å². The van der Waals surface area contributed by atoms with Gasteiger partial charge in [-0.1, -0.05) is 22.9 Å². The molecule has 0 saturated carbocycles. The fourth-order valence-electron chi connectivity index (χ4n) is 1.83. The molecule has 0 fully saturated rings. The lowest BCUT2D eigenvalue weighted by Gasteiger charge is -2.03. The van der Waals surface area contributed by atoms with Crippen molar-refractivity contribution in [1.82, 2.24) is 14.4 Å². The highest BCUT2D eigenvalue weighted by molar-refractivity contribution is 7.89. The van der Waals surface area contributed by atoms with Crippen molar-refractivity contribution in [3.05, 3.63) is 64.1 Å². The molecule has 0 aliphatic carbocycles. The average Bonchev–Trinajstić information content (AvgIpc) is 3.19. The van der Waals surface area contributed by atoms with Gasteiger partial charge in [-0.3, -0.25) is 4.79 Å². The average molecular weight is 333 g/mol. The van der Waals surface area contributed by atoms with E-state index in [9.17, 15) is 13.2 Å². The predicted molar refractivity (Wildman–Crippen MR) is 81.5 cm³/mol. The van der Waals surface area contributed by atoms with Crippen LogP contribution in [-0.4, -0.2) is 28.6 Å². The number of aromatic nitrogens is 3. The molecular formula is C14H11N3O3S2. The van der Waals surface area contributed by atoms with Gasteiger partial charge in [-0.25, -0.2) is 0 Å². The van der Waals surface area contributed by atoms with Crippen LogP contribution in [-0.2, 0) is 10.0 Å². The summed E-state index contributed by atoms with van der Waals surface area (Å²) in [6.07, 6.45) is 1.13. The van der Waals surface area contributed by atoms with Gasteiger partial charge in [0.15, 0.2) is 5.69 Å². The number of hydrogen-bond acceptors (Lipinski definition) is 6. The van der Waals surface area contributed by atoms with Crippen molar-refractivity contribution in [1.29, 1.82) is 0 Å². The van der Waals surface area contributed by atoms with E-state index in [2.05, 4.69) is 10.3 Å². The van der Waals surface area contributed by atoms with Crippen LogP contribution < -0.4 is 0 Å². The van der Waals surface area contributed by atoms with Gasteiger partial charge in [0.05, 0.1) is 11.1 Å². The zero-order chi connectivity index (χ0) is 15.7. The van der Waals surface area contributed by atoms with Crippen LogP contribution in [0.2, 0.25) is 0 Å². The third kappa shape index (κ3) is 2.58. The maximum Gasteiger partial charge on any atom is 0.284 e. The van der Waals surface area contributed by atoms with E-state index < -0.39 is 10.0 Å². The van der Waals surface area contributed by atoms with Crippen LogP contribution >= 0.6 is 11.3 Å². The van der Waals surface area contributed by atoms with Crippen LogP contribution in [0.25, 0.3) is 0 Å². The summed E-state index contributed by atoms with van der Waals surface area (Å²) < 4.78 is 25.6. The summed E-state index contributed by atoms with van der Waals surface area (Å²) >= 11 is 1.38. The summed E-state index contributed by atoms with van der Waals surface area (Å²) in [4.78, 5) is 12.2. The maximum atomic E-state index is 12.4. The molecule has 3 rings (SSSR count). The number of ketones is 1. The molecule has 0 bridgehead atoms. The first-order chi connectivity index (χ1) is 10.5. The molecule has 2 aromatic heterocycles. The molecule has 0 amide bonds. The van der Waals surface area contributed by atoms with Gasteiger partial charge in [0, 0.05) is 10.9 Å². The Labute approximate surface area is 131 Å². The van der Waals surface area contributed by atoms with E-state index in [-0.39, 0.29) is 16.4 Å². The molecule has 6 nitrogen and oxygen atoms in total. The number of aryl methyl sites for hydroxylation is 1. The minimum Gasteiger partial charge on any atom is -0.287 e. The first-order valence-electron chi connectivity index (χ1n) is 6.30. The molecule has 0 aliphatic heterocycles. The van der Waals surface area contributed by atoms with Crippen LogP contribution in [0.5, 0.6) is 0 Å². The Hall–Kier alpha value is -2.32. The summed E-state index contributed by atoms with van der Waals surface area (Å²) in [6, 6.07) is 8.03. The quantitative estimate of drug-likeness (QED) is 0.683. The number of thiophene rings is 1. The van der Waals surface area contributed by atoms with Gasteiger partial charge in [0.2, 0.25) is 5.78 Å². The van der Waals surface area contributed by atoms with Crippen LogP contribution in [0.3, 0.4) is 0 Å². The lowest BCUT2D eigenvalue weighted by atomic mass is 10.2. The number of carbonyl (C=O) groups is 1. The second kappa shape index (κ2) is 5.47. The zero-order valence-electron chi connectivity index (χ0n) is 11.5. The van der Waals surface area contributed by atoms with Crippen LogP contribution in [0.4, 0.5) is 0 Å². The normalized spacial score (nSPS) is 11.5. The van der Waals surface area contributed by atoms with Gasteiger partial charge >= 0.3 is 0 Å². The molecule has 8 heteroatoms. The van der Waals surface area contributed by atoms with Crippen molar-refractivity contribution in [2.24, 2.45) is 0 Å². The third-order valence-electron chi connectivity index (χ3n) is 3.05. The maximum absolute atomic E-state index is 12.4. The largest absolute Gasteiger partial charge is 0.287 e. The summed E-state index contributed by atoms with van der Waals surface area (Å²) in [5.41, 5.74) is 1.41. The van der Waals surface area contributed by atoms with Gasteiger partial charge in [0.25, 0.3) is 10.0 Å². The lowest BCUT2D eigenvalue weighted by molar-refractivity contribution is 0.103. The minimum absolute atomic E-state index is 0.00548. The Bertz CT molecular complexity index is 911. The van der Waals surface area contributed by atoms with E-state index in [0.29, 0.717) is 5.56 Å². The Kier molecular flexibility index (Phi) is 3.63. The molecule has 0 N–H and O–H groups in total. The van der Waals surface area contributed by atoms with E-state index in [4.69, 9.17) is 0 Å². The standard InChI is InChI=1S/C14H11N3O3S2/c1-10-2-4-12(5-3-10)22(19,20)17-8-13(15-16-17)14(18)11-6-7-21-9-11/h2-9H,1H3. The summed E-state index contributed by atoms with van der Waals surface area (Å²) in [5, 5.41) is 10.7. The highest BCUT2D eigenvalue weighted by Crippen LogP contribution is 2.15. The van der Waals surface area contributed by atoms with Crippen molar-refractivity contribution in [3.8, 4) is 0 Å². The van der Waals surface area contributed by atoms with Crippen molar-refractivity contribution in [3.63, 3.8) is 0 Å². The second-order valence-electron chi connectivity index (χ2n) is 4.64. The van der Waals surface area contributed by atoms with Gasteiger partial charge in [-0.2, -0.15) is 19.8 Å².